The van der Waals surface area contributed by atoms with Crippen molar-refractivity contribution in [2.24, 2.45) is 0 Å². The Morgan fingerprint density at radius 3 is 1.97 bits per heavy atom. The number of hydrogen-bond acceptors (Lipinski definition) is 2. The van der Waals surface area contributed by atoms with Crippen LogP contribution in [0.5, 0.6) is 0 Å². The van der Waals surface area contributed by atoms with E-state index in [1.165, 1.54) is 24.0 Å². The second-order valence-electron chi connectivity index (χ2n) is 9.32. The number of rotatable bonds is 3. The molecule has 0 spiro atoms. The van der Waals surface area contributed by atoms with E-state index in [0.717, 1.165) is 22.5 Å². The Kier molecular flexibility index (Phi) is 4.57. The molecule has 3 aromatic rings. The van der Waals surface area contributed by atoms with E-state index < -0.39 is 5.97 Å². The van der Waals surface area contributed by atoms with Gasteiger partial charge in [0.25, 0.3) is 0 Å². The van der Waals surface area contributed by atoms with Crippen molar-refractivity contribution in [3.63, 3.8) is 0 Å². The third kappa shape index (κ3) is 3.57. The van der Waals surface area contributed by atoms with Gasteiger partial charge in [-0.25, -0.2) is 9.78 Å². The van der Waals surface area contributed by atoms with Gasteiger partial charge in [-0.3, -0.25) is 0 Å². The zero-order valence-corrected chi connectivity index (χ0v) is 17.5. The standard InChI is InChI=1S/C26H27NO2/c1-25(2)14-15-26(3,4)21-16-19(12-13-20(21)25)23-7-5-6-22(27-23)17-8-10-18(11-9-17)24(28)29/h5-13,16H,14-15H2,1-4H3,(H,28,29). The maximum atomic E-state index is 11.1. The van der Waals surface area contributed by atoms with E-state index >= 15 is 0 Å². The number of hydrogen-bond donors (Lipinski definition) is 1. The van der Waals surface area contributed by atoms with Gasteiger partial charge >= 0.3 is 5.97 Å². The Morgan fingerprint density at radius 2 is 1.34 bits per heavy atom. The molecule has 0 bridgehead atoms. The van der Waals surface area contributed by atoms with E-state index in [1.807, 2.05) is 30.3 Å². The molecule has 3 heteroatoms. The van der Waals surface area contributed by atoms with Crippen LogP contribution in [0.15, 0.2) is 60.7 Å². The lowest BCUT2D eigenvalue weighted by Gasteiger charge is -2.42. The first kappa shape index (κ1) is 19.4. The number of pyridine rings is 1. The van der Waals surface area contributed by atoms with Crippen molar-refractivity contribution < 1.29 is 9.90 Å². The topological polar surface area (TPSA) is 50.2 Å². The summed E-state index contributed by atoms with van der Waals surface area (Å²) in [4.78, 5) is 16.0. The molecule has 1 heterocycles. The molecule has 29 heavy (non-hydrogen) atoms. The van der Waals surface area contributed by atoms with Crippen molar-refractivity contribution in [3.8, 4) is 22.5 Å². The summed E-state index contributed by atoms with van der Waals surface area (Å²) in [6, 6.07) is 19.7. The minimum absolute atomic E-state index is 0.158. The molecule has 0 fully saturated rings. The molecular formula is C26H27NO2. The van der Waals surface area contributed by atoms with Gasteiger partial charge < -0.3 is 5.11 Å². The number of benzene rings is 2. The van der Waals surface area contributed by atoms with Crippen LogP contribution in [0.3, 0.4) is 0 Å². The summed E-state index contributed by atoms with van der Waals surface area (Å²) in [5, 5.41) is 9.10. The SMILES string of the molecule is CC1(C)CCC(C)(C)c2cc(-c3cccc(-c4ccc(C(=O)O)cc4)n3)ccc21. The number of carboxylic acid groups (broad SMARTS) is 1. The number of fused-ring (bicyclic) bond motifs is 1. The Bertz CT molecular complexity index is 1080. The van der Waals surface area contributed by atoms with Gasteiger partial charge in [-0.2, -0.15) is 0 Å². The van der Waals surface area contributed by atoms with Gasteiger partial charge in [-0.15, -0.1) is 0 Å². The Morgan fingerprint density at radius 1 is 0.793 bits per heavy atom. The van der Waals surface area contributed by atoms with Crippen LogP contribution >= 0.6 is 0 Å². The van der Waals surface area contributed by atoms with Crippen LogP contribution in [0.4, 0.5) is 0 Å². The first-order valence-electron chi connectivity index (χ1n) is 10.1. The fourth-order valence-electron chi connectivity index (χ4n) is 4.29. The smallest absolute Gasteiger partial charge is 0.335 e. The minimum atomic E-state index is -0.919. The van der Waals surface area contributed by atoms with Crippen LogP contribution in [0, 0.1) is 0 Å². The first-order valence-corrected chi connectivity index (χ1v) is 10.1. The molecule has 1 N–H and O–H groups in total. The van der Waals surface area contributed by atoms with Crippen molar-refractivity contribution in [2.75, 3.05) is 0 Å². The maximum Gasteiger partial charge on any atom is 0.335 e. The van der Waals surface area contributed by atoms with Crippen LogP contribution in [0.2, 0.25) is 0 Å². The highest BCUT2D eigenvalue weighted by molar-refractivity contribution is 5.88. The van der Waals surface area contributed by atoms with Crippen molar-refractivity contribution in [2.45, 2.75) is 51.4 Å². The van der Waals surface area contributed by atoms with Crippen LogP contribution in [-0.4, -0.2) is 16.1 Å². The molecule has 4 rings (SSSR count). The largest absolute Gasteiger partial charge is 0.478 e. The fourth-order valence-corrected chi connectivity index (χ4v) is 4.29. The molecule has 0 saturated heterocycles. The second kappa shape index (κ2) is 6.84. The fraction of sp³-hybridized carbons (Fsp3) is 0.308. The van der Waals surface area contributed by atoms with Gasteiger partial charge in [0.15, 0.2) is 0 Å². The second-order valence-corrected chi connectivity index (χ2v) is 9.32. The van der Waals surface area contributed by atoms with Crippen LogP contribution < -0.4 is 0 Å². The average molecular weight is 386 g/mol. The summed E-state index contributed by atoms with van der Waals surface area (Å²) < 4.78 is 0. The molecule has 0 saturated carbocycles. The van der Waals surface area contributed by atoms with Crippen LogP contribution in [-0.2, 0) is 10.8 Å². The molecule has 3 nitrogen and oxygen atoms in total. The molecule has 0 unspecified atom stereocenters. The van der Waals surface area contributed by atoms with Crippen molar-refractivity contribution >= 4 is 5.97 Å². The van der Waals surface area contributed by atoms with E-state index in [9.17, 15) is 4.79 Å². The quantitative estimate of drug-likeness (QED) is 0.562. The monoisotopic (exact) mass is 385 g/mol. The van der Waals surface area contributed by atoms with E-state index in [4.69, 9.17) is 10.1 Å². The number of aromatic carboxylic acids is 1. The van der Waals surface area contributed by atoms with E-state index in [-0.39, 0.29) is 16.4 Å². The summed E-state index contributed by atoms with van der Waals surface area (Å²) >= 11 is 0. The summed E-state index contributed by atoms with van der Waals surface area (Å²) in [5.74, 6) is -0.919. The lowest BCUT2D eigenvalue weighted by molar-refractivity contribution is 0.0697. The highest BCUT2D eigenvalue weighted by atomic mass is 16.4. The average Bonchev–Trinajstić information content (AvgIpc) is 2.71. The first-order chi connectivity index (χ1) is 13.7. The highest BCUT2D eigenvalue weighted by Crippen LogP contribution is 2.46. The van der Waals surface area contributed by atoms with Crippen molar-refractivity contribution in [3.05, 3.63) is 77.4 Å². The zero-order valence-electron chi connectivity index (χ0n) is 17.5. The number of nitrogens with zero attached hydrogens (tertiary/aromatic N) is 1. The summed E-state index contributed by atoms with van der Waals surface area (Å²) in [6.45, 7) is 9.33. The highest BCUT2D eigenvalue weighted by Gasteiger charge is 2.37. The molecule has 2 aromatic carbocycles. The Labute approximate surface area is 172 Å². The zero-order chi connectivity index (χ0) is 20.8. The lowest BCUT2D eigenvalue weighted by Crippen LogP contribution is -2.33. The molecule has 148 valence electrons. The van der Waals surface area contributed by atoms with Gasteiger partial charge in [0.05, 0.1) is 17.0 Å². The lowest BCUT2D eigenvalue weighted by atomic mass is 9.63. The predicted octanol–water partition coefficient (Wildman–Crippen LogP) is 6.46. The molecule has 0 radical (unpaired) electrons. The van der Waals surface area contributed by atoms with Crippen LogP contribution in [0.25, 0.3) is 22.5 Å². The van der Waals surface area contributed by atoms with Crippen molar-refractivity contribution in [1.82, 2.24) is 4.98 Å². The van der Waals surface area contributed by atoms with Gasteiger partial charge in [0.1, 0.15) is 0 Å². The number of carboxylic acids is 1. The summed E-state index contributed by atoms with van der Waals surface area (Å²) in [6.07, 6.45) is 2.38. The molecule has 0 atom stereocenters. The normalized spacial score (nSPS) is 16.8. The van der Waals surface area contributed by atoms with E-state index in [2.05, 4.69) is 45.9 Å². The van der Waals surface area contributed by atoms with Gasteiger partial charge in [0.2, 0.25) is 0 Å². The molecule has 0 aliphatic heterocycles. The third-order valence-electron chi connectivity index (χ3n) is 6.33. The van der Waals surface area contributed by atoms with Gasteiger partial charge in [-0.05, 0) is 65.1 Å². The summed E-state index contributed by atoms with van der Waals surface area (Å²) in [7, 11) is 0. The van der Waals surface area contributed by atoms with Gasteiger partial charge in [-0.1, -0.05) is 58.0 Å². The predicted molar refractivity (Wildman–Crippen MR) is 117 cm³/mol. The van der Waals surface area contributed by atoms with Crippen molar-refractivity contribution in [1.29, 1.82) is 0 Å². The summed E-state index contributed by atoms with van der Waals surface area (Å²) in [5.41, 5.74) is 7.32. The van der Waals surface area contributed by atoms with E-state index in [1.54, 1.807) is 12.1 Å². The number of aromatic nitrogens is 1. The molecule has 1 aliphatic carbocycles. The van der Waals surface area contributed by atoms with Gasteiger partial charge in [0, 0.05) is 11.1 Å². The Balaban J connectivity index is 1.75. The van der Waals surface area contributed by atoms with Crippen LogP contribution in [0.1, 0.15) is 62.0 Å². The minimum Gasteiger partial charge on any atom is -0.478 e. The molecule has 1 aromatic heterocycles. The molecule has 1 aliphatic rings. The number of carbonyl (C=O) groups is 1. The molecular weight excluding hydrogens is 358 g/mol. The third-order valence-corrected chi connectivity index (χ3v) is 6.33. The Hall–Kier alpha value is -2.94. The maximum absolute atomic E-state index is 11.1. The van der Waals surface area contributed by atoms with E-state index in [0.29, 0.717) is 0 Å². The molecule has 0 amide bonds.